The molecule has 4 nitrogen and oxygen atoms in total. The summed E-state index contributed by atoms with van der Waals surface area (Å²) in [6.07, 6.45) is 1.55. The second-order valence-corrected chi connectivity index (χ2v) is 4.36. The van der Waals surface area contributed by atoms with Crippen molar-refractivity contribution in [2.75, 3.05) is 25.0 Å². The molecule has 2 rings (SSSR count). The van der Waals surface area contributed by atoms with Gasteiger partial charge in [0.05, 0.1) is 5.69 Å². The number of carbonyl (C=O) groups is 1. The lowest BCUT2D eigenvalue weighted by Crippen LogP contribution is -2.39. The first-order chi connectivity index (χ1) is 8.60. The number of hydrogen-bond acceptors (Lipinski definition) is 3. The van der Waals surface area contributed by atoms with Crippen molar-refractivity contribution in [2.24, 2.45) is 0 Å². The molecule has 1 aromatic carbocycles. The Bertz CT molecular complexity index is 484. The summed E-state index contributed by atoms with van der Waals surface area (Å²) in [7, 11) is 1.52. The number of carbonyl (C=O) groups excluding carboxylic acids is 1. The predicted octanol–water partition coefficient (Wildman–Crippen LogP) is 1.66. The SMILES string of the molecule is CCc1c(C(=O)NC)cc(O)c(F)c1N1CCC1. The van der Waals surface area contributed by atoms with Gasteiger partial charge >= 0.3 is 0 Å². The molecule has 0 saturated carbocycles. The maximum Gasteiger partial charge on any atom is 0.251 e. The lowest BCUT2D eigenvalue weighted by atomic mass is 9.98. The summed E-state index contributed by atoms with van der Waals surface area (Å²) in [5, 5.41) is 12.1. The van der Waals surface area contributed by atoms with Gasteiger partial charge in [-0.2, -0.15) is 0 Å². The Balaban J connectivity index is 2.61. The van der Waals surface area contributed by atoms with Gasteiger partial charge in [-0.05, 0) is 24.5 Å². The quantitative estimate of drug-likeness (QED) is 0.860. The highest BCUT2D eigenvalue weighted by molar-refractivity contribution is 5.97. The van der Waals surface area contributed by atoms with Gasteiger partial charge in [0, 0.05) is 25.7 Å². The van der Waals surface area contributed by atoms with E-state index in [1.165, 1.54) is 13.1 Å². The van der Waals surface area contributed by atoms with Crippen LogP contribution in [0.5, 0.6) is 5.75 Å². The molecule has 0 bridgehead atoms. The van der Waals surface area contributed by atoms with Gasteiger partial charge in [0.15, 0.2) is 11.6 Å². The Labute approximate surface area is 105 Å². The van der Waals surface area contributed by atoms with Crippen molar-refractivity contribution in [1.82, 2.24) is 5.32 Å². The van der Waals surface area contributed by atoms with Crippen molar-refractivity contribution >= 4 is 11.6 Å². The fourth-order valence-electron chi connectivity index (χ4n) is 2.23. The molecule has 2 N–H and O–H groups in total. The van der Waals surface area contributed by atoms with Crippen molar-refractivity contribution < 1.29 is 14.3 Å². The number of phenolic OH excluding ortho intramolecular Hbond substituents is 1. The first-order valence-electron chi connectivity index (χ1n) is 6.11. The van der Waals surface area contributed by atoms with Crippen LogP contribution < -0.4 is 10.2 Å². The van der Waals surface area contributed by atoms with Crippen LogP contribution in [0.25, 0.3) is 0 Å². The maximum atomic E-state index is 14.0. The van der Waals surface area contributed by atoms with Gasteiger partial charge < -0.3 is 15.3 Å². The van der Waals surface area contributed by atoms with Crippen molar-refractivity contribution in [1.29, 1.82) is 0 Å². The Hall–Kier alpha value is -1.78. The molecule has 0 radical (unpaired) electrons. The number of nitrogens with zero attached hydrogens (tertiary/aromatic N) is 1. The summed E-state index contributed by atoms with van der Waals surface area (Å²) < 4.78 is 14.0. The minimum atomic E-state index is -0.626. The highest BCUT2D eigenvalue weighted by atomic mass is 19.1. The molecule has 1 aliphatic heterocycles. The van der Waals surface area contributed by atoms with Gasteiger partial charge in [-0.1, -0.05) is 6.92 Å². The van der Waals surface area contributed by atoms with E-state index in [0.717, 1.165) is 19.5 Å². The number of benzene rings is 1. The fourth-order valence-corrected chi connectivity index (χ4v) is 2.23. The monoisotopic (exact) mass is 252 g/mol. The van der Waals surface area contributed by atoms with Crippen LogP contribution in [0.2, 0.25) is 0 Å². The average molecular weight is 252 g/mol. The van der Waals surface area contributed by atoms with E-state index in [1.807, 2.05) is 11.8 Å². The number of hydrogen-bond donors (Lipinski definition) is 2. The zero-order valence-electron chi connectivity index (χ0n) is 10.6. The molecular formula is C13H17FN2O2. The lowest BCUT2D eigenvalue weighted by molar-refractivity contribution is 0.0961. The summed E-state index contributed by atoms with van der Waals surface area (Å²) >= 11 is 0. The highest BCUT2D eigenvalue weighted by Gasteiger charge is 2.27. The Morgan fingerprint density at radius 3 is 2.67 bits per heavy atom. The van der Waals surface area contributed by atoms with Crippen LogP contribution in [0.4, 0.5) is 10.1 Å². The number of nitrogens with one attached hydrogen (secondary N) is 1. The minimum absolute atomic E-state index is 0.302. The van der Waals surface area contributed by atoms with E-state index < -0.39 is 11.6 Å². The number of anilines is 1. The molecule has 1 heterocycles. The smallest absolute Gasteiger partial charge is 0.251 e. The van der Waals surface area contributed by atoms with E-state index in [0.29, 0.717) is 23.2 Å². The standard InChI is InChI=1S/C13H17FN2O2/c1-3-8-9(13(18)15-2)7-10(17)11(14)12(8)16-5-4-6-16/h7,17H,3-6H2,1-2H3,(H,15,18). The van der Waals surface area contributed by atoms with Crippen molar-refractivity contribution in [3.63, 3.8) is 0 Å². The summed E-state index contributed by atoms with van der Waals surface area (Å²) in [6.45, 7) is 3.41. The molecule has 0 atom stereocenters. The predicted molar refractivity (Wildman–Crippen MR) is 67.7 cm³/mol. The van der Waals surface area contributed by atoms with Crippen molar-refractivity contribution in [3.8, 4) is 5.75 Å². The molecule has 0 aliphatic carbocycles. The van der Waals surface area contributed by atoms with Gasteiger partial charge in [-0.25, -0.2) is 4.39 Å². The van der Waals surface area contributed by atoms with Gasteiger partial charge in [-0.3, -0.25) is 4.79 Å². The zero-order chi connectivity index (χ0) is 13.3. The Morgan fingerprint density at radius 1 is 1.56 bits per heavy atom. The molecule has 1 aromatic rings. The van der Waals surface area contributed by atoms with Crippen LogP contribution in [0.3, 0.4) is 0 Å². The van der Waals surface area contributed by atoms with E-state index in [9.17, 15) is 14.3 Å². The molecule has 0 aromatic heterocycles. The summed E-state index contributed by atoms with van der Waals surface area (Å²) in [5.41, 5.74) is 1.38. The van der Waals surface area contributed by atoms with Crippen LogP contribution in [-0.2, 0) is 6.42 Å². The number of rotatable bonds is 3. The Kier molecular flexibility index (Phi) is 3.41. The third-order valence-corrected chi connectivity index (χ3v) is 3.32. The number of aromatic hydroxyl groups is 1. The van der Waals surface area contributed by atoms with Gasteiger partial charge in [-0.15, -0.1) is 0 Å². The molecule has 1 fully saturated rings. The zero-order valence-corrected chi connectivity index (χ0v) is 10.6. The van der Waals surface area contributed by atoms with Gasteiger partial charge in [0.25, 0.3) is 5.91 Å². The molecule has 1 saturated heterocycles. The first-order valence-corrected chi connectivity index (χ1v) is 6.11. The number of halogens is 1. The third kappa shape index (κ3) is 1.89. The van der Waals surface area contributed by atoms with Gasteiger partial charge in [0.1, 0.15) is 0 Å². The lowest BCUT2D eigenvalue weighted by Gasteiger charge is -2.35. The fraction of sp³-hybridized carbons (Fsp3) is 0.462. The topological polar surface area (TPSA) is 52.6 Å². The van der Waals surface area contributed by atoms with Crippen molar-refractivity contribution in [3.05, 3.63) is 23.0 Å². The molecule has 0 unspecified atom stereocenters. The summed E-state index contributed by atoms with van der Waals surface area (Å²) in [4.78, 5) is 13.6. The van der Waals surface area contributed by atoms with E-state index >= 15 is 0 Å². The average Bonchev–Trinajstić information content (AvgIpc) is 2.31. The minimum Gasteiger partial charge on any atom is -0.505 e. The van der Waals surface area contributed by atoms with Crippen LogP contribution in [-0.4, -0.2) is 31.2 Å². The molecule has 1 aliphatic rings. The first kappa shape index (κ1) is 12.7. The Morgan fingerprint density at radius 2 is 2.22 bits per heavy atom. The van der Waals surface area contributed by atoms with E-state index in [1.54, 1.807) is 0 Å². The maximum absolute atomic E-state index is 14.0. The summed E-state index contributed by atoms with van der Waals surface area (Å²) in [6, 6.07) is 1.20. The van der Waals surface area contributed by atoms with E-state index in [2.05, 4.69) is 5.32 Å². The van der Waals surface area contributed by atoms with Gasteiger partial charge in [0.2, 0.25) is 0 Å². The second-order valence-electron chi connectivity index (χ2n) is 4.36. The normalized spacial score (nSPS) is 14.3. The molecular weight excluding hydrogens is 235 g/mol. The van der Waals surface area contributed by atoms with Crippen LogP contribution in [0, 0.1) is 5.82 Å². The second kappa shape index (κ2) is 4.84. The number of amides is 1. The molecule has 0 spiro atoms. The van der Waals surface area contributed by atoms with Crippen molar-refractivity contribution in [2.45, 2.75) is 19.8 Å². The molecule has 5 heteroatoms. The highest BCUT2D eigenvalue weighted by Crippen LogP contribution is 2.36. The molecule has 98 valence electrons. The molecule has 18 heavy (non-hydrogen) atoms. The van der Waals surface area contributed by atoms with Crippen LogP contribution in [0.1, 0.15) is 29.3 Å². The largest absolute Gasteiger partial charge is 0.505 e. The summed E-state index contributed by atoms with van der Waals surface area (Å²) in [5.74, 6) is -1.39. The van der Waals surface area contributed by atoms with Crippen LogP contribution in [0.15, 0.2) is 6.07 Å². The third-order valence-electron chi connectivity index (χ3n) is 3.32. The van der Waals surface area contributed by atoms with Crippen LogP contribution >= 0.6 is 0 Å². The van der Waals surface area contributed by atoms with E-state index in [4.69, 9.17) is 0 Å². The van der Waals surface area contributed by atoms with E-state index in [-0.39, 0.29) is 5.91 Å². The molecule has 1 amide bonds. The number of phenols is 1.